The summed E-state index contributed by atoms with van der Waals surface area (Å²) in [7, 11) is 0. The van der Waals surface area contributed by atoms with Gasteiger partial charge in [-0.25, -0.2) is 14.8 Å². The molecule has 11 nitrogen and oxygen atoms in total. The summed E-state index contributed by atoms with van der Waals surface area (Å²) < 4.78 is 5.50. The first-order valence-corrected chi connectivity index (χ1v) is 14.1. The zero-order chi connectivity index (χ0) is 28.6. The van der Waals surface area contributed by atoms with Crippen LogP contribution in [0.25, 0.3) is 11.4 Å². The highest BCUT2D eigenvalue weighted by Gasteiger charge is 2.29. The molecule has 3 aromatic rings. The minimum absolute atomic E-state index is 0.0165. The van der Waals surface area contributed by atoms with Crippen LogP contribution >= 0.6 is 0 Å². The first kappa shape index (κ1) is 28.5. The van der Waals surface area contributed by atoms with Gasteiger partial charge in [-0.1, -0.05) is 30.3 Å². The van der Waals surface area contributed by atoms with Crippen LogP contribution in [0.1, 0.15) is 24.1 Å². The third-order valence-corrected chi connectivity index (χ3v) is 7.47. The summed E-state index contributed by atoms with van der Waals surface area (Å²) in [6, 6.07) is 17.1. The first-order chi connectivity index (χ1) is 20.0. The minimum atomic E-state index is -0.409. The third-order valence-electron chi connectivity index (χ3n) is 7.47. The number of carbonyl (C=O) groups excluding carboxylic acids is 1. The molecule has 0 unspecified atom stereocenters. The highest BCUT2D eigenvalue weighted by molar-refractivity contribution is 6.02. The predicted octanol–water partition coefficient (Wildman–Crippen LogP) is 3.08. The van der Waals surface area contributed by atoms with Crippen LogP contribution in [0.4, 0.5) is 16.3 Å². The number of rotatable bonds is 9. The van der Waals surface area contributed by atoms with E-state index in [0.29, 0.717) is 54.9 Å². The fraction of sp³-hybridized carbons (Fsp3) is 0.400. The van der Waals surface area contributed by atoms with Gasteiger partial charge in [-0.05, 0) is 55.8 Å². The zero-order valence-electron chi connectivity index (χ0n) is 23.1. The topological polar surface area (TPSA) is 147 Å². The number of hydrogen-bond acceptors (Lipinski definition) is 9. The molecule has 0 bridgehead atoms. The van der Waals surface area contributed by atoms with Gasteiger partial charge in [-0.3, -0.25) is 4.90 Å². The Labute approximate surface area is 239 Å². The summed E-state index contributed by atoms with van der Waals surface area (Å²) in [4.78, 5) is 25.7. The number of morpholine rings is 1. The predicted molar refractivity (Wildman–Crippen MR) is 158 cm³/mol. The first-order valence-electron chi connectivity index (χ1n) is 14.1. The Hall–Kier alpha value is -4.06. The smallest absolute Gasteiger partial charge is 0.319 e. The molecule has 0 aliphatic carbocycles. The molecule has 0 radical (unpaired) electrons. The molecule has 2 amide bonds. The van der Waals surface area contributed by atoms with E-state index in [0.717, 1.165) is 32.5 Å². The fourth-order valence-corrected chi connectivity index (χ4v) is 5.22. The van der Waals surface area contributed by atoms with E-state index in [2.05, 4.69) is 39.8 Å². The van der Waals surface area contributed by atoms with Crippen molar-refractivity contribution in [1.29, 1.82) is 5.41 Å². The molecule has 1 aromatic heterocycles. The number of aliphatic hydroxyl groups is 1. The fourth-order valence-electron chi connectivity index (χ4n) is 5.22. The van der Waals surface area contributed by atoms with Crippen LogP contribution in [0.15, 0.2) is 54.6 Å². The van der Waals surface area contributed by atoms with Crippen LogP contribution in [0.3, 0.4) is 0 Å². The lowest BCUT2D eigenvalue weighted by Gasteiger charge is -2.33. The SMILES string of the molecule is N=C(c1nc(-c2ccc(NC(=O)NCCO)cc2)nc(N2CCOCC2)c1O)C1CCN(Cc2ccccc2)CC1. The molecule has 2 aromatic carbocycles. The molecule has 3 heterocycles. The molecule has 0 spiro atoms. The molecule has 2 fully saturated rings. The number of carbonyl (C=O) groups is 1. The molecule has 0 saturated carbocycles. The van der Waals surface area contributed by atoms with E-state index in [-0.39, 0.29) is 30.5 Å². The number of aromatic nitrogens is 2. The van der Waals surface area contributed by atoms with Gasteiger partial charge < -0.3 is 35.9 Å². The second-order valence-corrected chi connectivity index (χ2v) is 10.3. The number of nitrogens with zero attached hydrogens (tertiary/aromatic N) is 4. The van der Waals surface area contributed by atoms with Crippen LogP contribution in [0, 0.1) is 11.3 Å². The van der Waals surface area contributed by atoms with Gasteiger partial charge >= 0.3 is 6.03 Å². The molecule has 41 heavy (non-hydrogen) atoms. The maximum atomic E-state index is 11.9. The second-order valence-electron chi connectivity index (χ2n) is 10.3. The van der Waals surface area contributed by atoms with Gasteiger partial charge in [-0.15, -0.1) is 0 Å². The number of piperidine rings is 1. The van der Waals surface area contributed by atoms with E-state index in [9.17, 15) is 9.90 Å². The standard InChI is InChI=1S/C30H37N7O4/c31-25(22-10-13-36(14-11-22)20-21-4-2-1-3-5-21)26-27(39)29(37-15-18-41-19-16-37)35-28(34-26)23-6-8-24(9-7-23)33-30(40)32-12-17-38/h1-9,22,31,38-39H,10-20H2,(H2,32,33,40). The molecular weight excluding hydrogens is 522 g/mol. The Bertz CT molecular complexity index is 1320. The van der Waals surface area contributed by atoms with Gasteiger partial charge in [0.1, 0.15) is 5.69 Å². The van der Waals surface area contributed by atoms with Crippen molar-refractivity contribution >= 4 is 23.2 Å². The number of amides is 2. The Morgan fingerprint density at radius 1 is 1.00 bits per heavy atom. The van der Waals surface area contributed by atoms with E-state index in [1.165, 1.54) is 5.56 Å². The van der Waals surface area contributed by atoms with Crippen molar-refractivity contribution in [2.45, 2.75) is 19.4 Å². The van der Waals surface area contributed by atoms with Gasteiger partial charge in [-0.2, -0.15) is 0 Å². The quantitative estimate of drug-likeness (QED) is 0.251. The number of hydrogen-bond donors (Lipinski definition) is 5. The molecule has 5 N–H and O–H groups in total. The molecule has 216 valence electrons. The third kappa shape index (κ3) is 7.18. The van der Waals surface area contributed by atoms with E-state index in [1.54, 1.807) is 24.3 Å². The van der Waals surface area contributed by atoms with Crippen molar-refractivity contribution in [3.8, 4) is 17.1 Å². The monoisotopic (exact) mass is 559 g/mol. The molecule has 2 saturated heterocycles. The average Bonchev–Trinajstić information content (AvgIpc) is 3.01. The summed E-state index contributed by atoms with van der Waals surface area (Å²) in [5.74, 6) is 0.732. The van der Waals surface area contributed by atoms with E-state index in [4.69, 9.17) is 25.2 Å². The minimum Gasteiger partial charge on any atom is -0.503 e. The molecule has 2 aliphatic heterocycles. The number of urea groups is 1. The summed E-state index contributed by atoms with van der Waals surface area (Å²) in [6.07, 6.45) is 1.63. The maximum Gasteiger partial charge on any atom is 0.319 e. The van der Waals surface area contributed by atoms with Crippen molar-refractivity contribution in [1.82, 2.24) is 20.2 Å². The number of ether oxygens (including phenoxy) is 1. The van der Waals surface area contributed by atoms with Gasteiger partial charge in [0.25, 0.3) is 0 Å². The van der Waals surface area contributed by atoms with Crippen LogP contribution in [-0.4, -0.2) is 89.4 Å². The van der Waals surface area contributed by atoms with E-state index < -0.39 is 6.03 Å². The van der Waals surface area contributed by atoms with Crippen LogP contribution in [-0.2, 0) is 11.3 Å². The molecular formula is C30H37N7O4. The number of benzene rings is 2. The Kier molecular flexibility index (Phi) is 9.40. The lowest BCUT2D eigenvalue weighted by Crippen LogP contribution is -2.38. The molecule has 5 rings (SSSR count). The van der Waals surface area contributed by atoms with Gasteiger partial charge in [0.15, 0.2) is 17.4 Å². The van der Waals surface area contributed by atoms with Gasteiger partial charge in [0.05, 0.1) is 25.5 Å². The highest BCUT2D eigenvalue weighted by atomic mass is 16.5. The summed E-state index contributed by atoms with van der Waals surface area (Å²) in [6.45, 7) is 4.89. The highest BCUT2D eigenvalue weighted by Crippen LogP contribution is 2.34. The average molecular weight is 560 g/mol. The summed E-state index contributed by atoms with van der Waals surface area (Å²) >= 11 is 0. The largest absolute Gasteiger partial charge is 0.503 e. The van der Waals surface area contributed by atoms with Crippen molar-refractivity contribution in [2.24, 2.45) is 5.92 Å². The van der Waals surface area contributed by atoms with Crippen LogP contribution in [0.5, 0.6) is 5.75 Å². The molecule has 11 heteroatoms. The van der Waals surface area contributed by atoms with Crippen molar-refractivity contribution < 1.29 is 19.7 Å². The van der Waals surface area contributed by atoms with Crippen LogP contribution in [0.2, 0.25) is 0 Å². The summed E-state index contributed by atoms with van der Waals surface area (Å²) in [5.41, 5.74) is 3.16. The lowest BCUT2D eigenvalue weighted by molar-refractivity contribution is 0.122. The lowest BCUT2D eigenvalue weighted by atomic mass is 9.89. The number of aromatic hydroxyl groups is 1. The Morgan fingerprint density at radius 2 is 1.71 bits per heavy atom. The molecule has 2 aliphatic rings. The zero-order valence-corrected chi connectivity index (χ0v) is 23.1. The normalized spacial score (nSPS) is 16.4. The van der Waals surface area contributed by atoms with Gasteiger partial charge in [0.2, 0.25) is 0 Å². The van der Waals surface area contributed by atoms with Crippen LogP contribution < -0.4 is 15.5 Å². The van der Waals surface area contributed by atoms with Crippen molar-refractivity contribution in [3.05, 3.63) is 65.9 Å². The van der Waals surface area contributed by atoms with E-state index >= 15 is 0 Å². The summed E-state index contributed by atoms with van der Waals surface area (Å²) in [5, 5.41) is 34.6. The Morgan fingerprint density at radius 3 is 2.39 bits per heavy atom. The van der Waals surface area contributed by atoms with Crippen molar-refractivity contribution in [3.63, 3.8) is 0 Å². The van der Waals surface area contributed by atoms with Gasteiger partial charge in [0, 0.05) is 43.3 Å². The number of likely N-dealkylation sites (tertiary alicyclic amines) is 1. The number of anilines is 2. The second kappa shape index (κ2) is 13.5. The van der Waals surface area contributed by atoms with E-state index in [1.807, 2.05) is 11.0 Å². The van der Waals surface area contributed by atoms with Crippen molar-refractivity contribution in [2.75, 3.05) is 62.8 Å². The number of nitrogens with one attached hydrogen (secondary N) is 3. The molecule has 0 atom stereocenters. The Balaban J connectivity index is 1.36. The maximum absolute atomic E-state index is 11.9. The number of aliphatic hydroxyl groups excluding tert-OH is 1.